The molecule has 17 heavy (non-hydrogen) atoms. The fraction of sp³-hybridized carbons (Fsp3) is 0.714. The predicted octanol–water partition coefficient (Wildman–Crippen LogP) is 4.24. The lowest BCUT2D eigenvalue weighted by atomic mass is 10.1. The molecule has 0 aliphatic rings. The summed E-state index contributed by atoms with van der Waals surface area (Å²) in [6, 6.07) is 4.40. The molecule has 2 nitrogen and oxygen atoms in total. The first-order valence-corrected chi connectivity index (χ1v) is 8.03. The molecule has 0 aromatic carbocycles. The van der Waals surface area contributed by atoms with Crippen molar-refractivity contribution >= 4 is 11.8 Å². The second kappa shape index (κ2) is 9.60. The van der Waals surface area contributed by atoms with E-state index in [1.54, 1.807) is 6.26 Å². The fourth-order valence-corrected chi connectivity index (χ4v) is 2.43. The van der Waals surface area contributed by atoms with Crippen molar-refractivity contribution in [2.24, 2.45) is 0 Å². The van der Waals surface area contributed by atoms with Crippen molar-refractivity contribution < 1.29 is 4.42 Å². The summed E-state index contributed by atoms with van der Waals surface area (Å²) in [6.07, 6.45) is 10.3. The van der Waals surface area contributed by atoms with Crippen LogP contribution in [0.25, 0.3) is 0 Å². The van der Waals surface area contributed by atoms with Crippen LogP contribution in [-0.4, -0.2) is 18.6 Å². The lowest BCUT2D eigenvalue weighted by Crippen LogP contribution is -2.21. The van der Waals surface area contributed by atoms with Crippen LogP contribution in [0.3, 0.4) is 0 Å². The Hall–Kier alpha value is -0.410. The van der Waals surface area contributed by atoms with Gasteiger partial charge in [0.05, 0.1) is 12.3 Å². The quantitative estimate of drug-likeness (QED) is 0.633. The molecule has 0 aliphatic carbocycles. The van der Waals surface area contributed by atoms with Gasteiger partial charge in [-0.3, -0.25) is 0 Å². The highest BCUT2D eigenvalue weighted by atomic mass is 32.2. The summed E-state index contributed by atoms with van der Waals surface area (Å²) in [5, 5.41) is 3.56. The molecule has 1 heterocycles. The van der Waals surface area contributed by atoms with Gasteiger partial charge in [-0.05, 0) is 49.9 Å². The van der Waals surface area contributed by atoms with Gasteiger partial charge in [-0.2, -0.15) is 11.8 Å². The molecule has 0 bridgehead atoms. The summed E-state index contributed by atoms with van der Waals surface area (Å²) < 4.78 is 5.43. The smallest absolute Gasteiger partial charge is 0.120 e. The number of nitrogens with one attached hydrogen (secondary N) is 1. The van der Waals surface area contributed by atoms with E-state index in [2.05, 4.69) is 24.6 Å². The van der Waals surface area contributed by atoms with E-state index in [1.807, 2.05) is 17.8 Å². The van der Waals surface area contributed by atoms with E-state index in [4.69, 9.17) is 4.42 Å². The third-order valence-electron chi connectivity index (χ3n) is 2.96. The lowest BCUT2D eigenvalue weighted by molar-refractivity contribution is 0.400. The number of thioether (sulfide) groups is 1. The van der Waals surface area contributed by atoms with Crippen LogP contribution in [0.15, 0.2) is 22.8 Å². The van der Waals surface area contributed by atoms with Gasteiger partial charge in [-0.15, -0.1) is 0 Å². The first-order chi connectivity index (χ1) is 8.38. The van der Waals surface area contributed by atoms with Gasteiger partial charge in [0.1, 0.15) is 5.76 Å². The first-order valence-electron chi connectivity index (χ1n) is 6.64. The maximum Gasteiger partial charge on any atom is 0.120 e. The first kappa shape index (κ1) is 14.7. The van der Waals surface area contributed by atoms with Crippen molar-refractivity contribution in [3.8, 4) is 0 Å². The van der Waals surface area contributed by atoms with Gasteiger partial charge < -0.3 is 9.73 Å². The van der Waals surface area contributed by atoms with Crippen molar-refractivity contribution in [1.29, 1.82) is 0 Å². The van der Waals surface area contributed by atoms with E-state index >= 15 is 0 Å². The lowest BCUT2D eigenvalue weighted by Gasteiger charge is -2.14. The zero-order valence-corrected chi connectivity index (χ0v) is 11.9. The summed E-state index contributed by atoms with van der Waals surface area (Å²) >= 11 is 1.94. The van der Waals surface area contributed by atoms with Crippen LogP contribution < -0.4 is 5.32 Å². The van der Waals surface area contributed by atoms with Crippen molar-refractivity contribution in [2.45, 2.75) is 45.1 Å². The Morgan fingerprint density at radius 3 is 2.76 bits per heavy atom. The standard InChI is InChI=1S/C14H25NOS/c1-3-13(14-9-8-11-16-14)15-10-6-4-5-7-12-17-2/h8-9,11,13,15H,3-7,10,12H2,1-2H3. The van der Waals surface area contributed by atoms with Crippen LogP contribution >= 0.6 is 11.8 Å². The van der Waals surface area contributed by atoms with Crippen molar-refractivity contribution in [2.75, 3.05) is 18.6 Å². The summed E-state index contributed by atoms with van der Waals surface area (Å²) in [5.74, 6) is 2.37. The molecule has 1 unspecified atom stereocenters. The van der Waals surface area contributed by atoms with Gasteiger partial charge in [0.15, 0.2) is 0 Å². The highest BCUT2D eigenvalue weighted by molar-refractivity contribution is 7.98. The number of hydrogen-bond acceptors (Lipinski definition) is 3. The van der Waals surface area contributed by atoms with Crippen LogP contribution in [0.4, 0.5) is 0 Å². The Morgan fingerprint density at radius 2 is 2.12 bits per heavy atom. The summed E-state index contributed by atoms with van der Waals surface area (Å²) in [5.41, 5.74) is 0. The number of rotatable bonds is 10. The maximum absolute atomic E-state index is 5.43. The maximum atomic E-state index is 5.43. The monoisotopic (exact) mass is 255 g/mol. The minimum atomic E-state index is 0.385. The van der Waals surface area contributed by atoms with Crippen molar-refractivity contribution in [3.05, 3.63) is 24.2 Å². The Balaban J connectivity index is 2.04. The largest absolute Gasteiger partial charge is 0.468 e. The zero-order chi connectivity index (χ0) is 12.3. The third kappa shape index (κ3) is 6.18. The molecule has 3 heteroatoms. The van der Waals surface area contributed by atoms with Gasteiger partial charge in [0, 0.05) is 0 Å². The number of hydrogen-bond donors (Lipinski definition) is 1. The van der Waals surface area contributed by atoms with Crippen LogP contribution in [-0.2, 0) is 0 Å². The van der Waals surface area contributed by atoms with E-state index in [-0.39, 0.29) is 0 Å². The normalized spacial score (nSPS) is 12.8. The second-order valence-corrected chi connectivity index (χ2v) is 5.32. The summed E-state index contributed by atoms with van der Waals surface area (Å²) in [7, 11) is 0. The Kier molecular flexibility index (Phi) is 8.28. The molecule has 1 rings (SSSR count). The Bertz CT molecular complexity index is 261. The number of unbranched alkanes of at least 4 members (excludes halogenated alkanes) is 3. The van der Waals surface area contributed by atoms with Crippen LogP contribution in [0.5, 0.6) is 0 Å². The SMILES string of the molecule is CCC(NCCCCCCSC)c1ccco1. The van der Waals surface area contributed by atoms with Crippen LogP contribution in [0.2, 0.25) is 0 Å². The van der Waals surface area contributed by atoms with Crippen molar-refractivity contribution in [3.63, 3.8) is 0 Å². The highest BCUT2D eigenvalue weighted by Gasteiger charge is 2.10. The molecule has 1 atom stereocenters. The average molecular weight is 255 g/mol. The highest BCUT2D eigenvalue weighted by Crippen LogP contribution is 2.16. The Morgan fingerprint density at radius 1 is 1.29 bits per heavy atom. The second-order valence-electron chi connectivity index (χ2n) is 4.34. The van der Waals surface area contributed by atoms with Gasteiger partial charge in [0.25, 0.3) is 0 Å². The average Bonchev–Trinajstić information content (AvgIpc) is 2.86. The Labute approximate surface area is 110 Å². The zero-order valence-electron chi connectivity index (χ0n) is 11.1. The molecular weight excluding hydrogens is 230 g/mol. The predicted molar refractivity (Wildman–Crippen MR) is 76.6 cm³/mol. The molecule has 1 aromatic rings. The molecule has 0 saturated heterocycles. The molecule has 0 aliphatic heterocycles. The topological polar surface area (TPSA) is 25.2 Å². The molecule has 1 N–H and O–H groups in total. The minimum Gasteiger partial charge on any atom is -0.468 e. The molecule has 98 valence electrons. The van der Waals surface area contributed by atoms with E-state index in [9.17, 15) is 0 Å². The summed E-state index contributed by atoms with van der Waals surface area (Å²) in [4.78, 5) is 0. The molecular formula is C14H25NOS. The minimum absolute atomic E-state index is 0.385. The molecule has 0 saturated carbocycles. The van der Waals surface area contributed by atoms with E-state index in [0.29, 0.717) is 6.04 Å². The summed E-state index contributed by atoms with van der Waals surface area (Å²) in [6.45, 7) is 3.29. The van der Waals surface area contributed by atoms with E-state index < -0.39 is 0 Å². The molecule has 0 fully saturated rings. The van der Waals surface area contributed by atoms with E-state index in [1.165, 1.54) is 31.4 Å². The molecule has 0 spiro atoms. The van der Waals surface area contributed by atoms with Gasteiger partial charge >= 0.3 is 0 Å². The van der Waals surface area contributed by atoms with Crippen LogP contribution in [0.1, 0.15) is 50.8 Å². The number of furan rings is 1. The van der Waals surface area contributed by atoms with Crippen LogP contribution in [0, 0.1) is 0 Å². The van der Waals surface area contributed by atoms with Gasteiger partial charge in [0.2, 0.25) is 0 Å². The molecule has 0 amide bonds. The van der Waals surface area contributed by atoms with E-state index in [0.717, 1.165) is 18.7 Å². The van der Waals surface area contributed by atoms with Crippen molar-refractivity contribution in [1.82, 2.24) is 5.32 Å². The third-order valence-corrected chi connectivity index (χ3v) is 3.66. The molecule has 1 aromatic heterocycles. The van der Waals surface area contributed by atoms with Gasteiger partial charge in [-0.1, -0.05) is 19.8 Å². The van der Waals surface area contributed by atoms with Gasteiger partial charge in [-0.25, -0.2) is 0 Å². The fourth-order valence-electron chi connectivity index (χ4n) is 1.94. The molecule has 0 radical (unpaired) electrons.